The highest BCUT2D eigenvalue weighted by Gasteiger charge is 2.46. The van der Waals surface area contributed by atoms with Crippen LogP contribution in [0.5, 0.6) is 0 Å². The minimum Gasteiger partial charge on any atom is -0.481 e. The second-order valence-corrected chi connectivity index (χ2v) is 17.5. The molecule has 0 saturated heterocycles. The Hall–Kier alpha value is -9.13. The second kappa shape index (κ2) is 26.5. The molecule has 75 heavy (non-hydrogen) atoms. The molecule has 8 amide bonds. The van der Waals surface area contributed by atoms with Crippen molar-refractivity contribution in [1.29, 1.82) is 0 Å². The first-order valence-corrected chi connectivity index (χ1v) is 23.3. The fraction of sp³-hybridized carbons (Fsp3) is 0.320. The van der Waals surface area contributed by atoms with E-state index >= 15 is 0 Å². The predicted molar refractivity (Wildman–Crippen MR) is 263 cm³/mol. The van der Waals surface area contributed by atoms with Crippen LogP contribution >= 0.6 is 0 Å². The van der Waals surface area contributed by atoms with Crippen molar-refractivity contribution in [1.82, 2.24) is 41.7 Å². The van der Waals surface area contributed by atoms with Gasteiger partial charge in [0.1, 0.15) is 48.3 Å². The van der Waals surface area contributed by atoms with Crippen LogP contribution in [0.1, 0.15) is 52.7 Å². The number of carbonyl (C=O) groups is 10. The van der Waals surface area contributed by atoms with Gasteiger partial charge in [-0.2, -0.15) is 0 Å². The number of rotatable bonds is 26. The van der Waals surface area contributed by atoms with Crippen LogP contribution < -0.4 is 41.7 Å². The summed E-state index contributed by atoms with van der Waals surface area (Å²) in [5, 5.41) is 56.2. The van der Waals surface area contributed by atoms with Crippen LogP contribution in [-0.4, -0.2) is 137 Å². The van der Waals surface area contributed by atoms with Crippen LogP contribution in [0.2, 0.25) is 0 Å². The third kappa shape index (κ3) is 16.4. The fourth-order valence-electron chi connectivity index (χ4n) is 8.16. The van der Waals surface area contributed by atoms with Crippen LogP contribution in [0, 0.1) is 15.9 Å². The molecule has 0 aliphatic carbocycles. The summed E-state index contributed by atoms with van der Waals surface area (Å²) in [6, 6.07) is 17.7. The third-order valence-corrected chi connectivity index (χ3v) is 12.1. The lowest BCUT2D eigenvalue weighted by Crippen LogP contribution is -2.64. The number of amides is 8. The summed E-state index contributed by atoms with van der Waals surface area (Å²) in [5.74, 6) is -10.2. The molecule has 0 aromatic heterocycles. The summed E-state index contributed by atoms with van der Waals surface area (Å²) >= 11 is 0. The highest BCUT2D eigenvalue weighted by molar-refractivity contribution is 6.00. The van der Waals surface area contributed by atoms with Gasteiger partial charge in [0.2, 0.25) is 23.6 Å². The van der Waals surface area contributed by atoms with Crippen LogP contribution in [0.25, 0.3) is 0 Å². The molecular formula is C50H55FN9O15+. The maximum Gasteiger partial charge on any atom is 0.341 e. The largest absolute Gasteiger partial charge is 0.481 e. The van der Waals surface area contributed by atoms with Gasteiger partial charge in [-0.3, -0.25) is 38.9 Å². The smallest absolute Gasteiger partial charge is 0.341 e. The number of para-hydroxylation sites is 1. The number of benzene rings is 4. The van der Waals surface area contributed by atoms with Gasteiger partial charge in [0.15, 0.2) is 0 Å². The summed E-state index contributed by atoms with van der Waals surface area (Å²) in [5.41, 5.74) is 1.16. The van der Waals surface area contributed by atoms with Gasteiger partial charge in [0, 0.05) is 49.8 Å². The molecule has 0 fully saturated rings. The van der Waals surface area contributed by atoms with Crippen molar-refractivity contribution in [3.63, 3.8) is 0 Å². The molecule has 6 atom stereocenters. The van der Waals surface area contributed by atoms with Crippen molar-refractivity contribution < 1.29 is 72.6 Å². The maximum absolute atomic E-state index is 14.8. The standard InChI is InChI=1S/C50H54FN9O15/c1-60(40-15-9-8-14-31(40)26-39(47(60)68)54-41(61)20-18-35(48(69)70)57-50(73)58-36(49(71)72)19-21-43(63)64)23-22-52-42(62)28-53-45(66)37(24-29-10-4-2-5-11-29)56-46(67)38(25-30-12-6-3-7-13-30)55-44(65)33-27-32(59(74)75)16-17-34(33)51/h2-17,27,35-39H,18-26,28H2,1H3,(H9-,52,53,54,55,56,57,58,61,62,63,64,65,66,67,69,70,71,72,73)/p+1/t35-,36-,37-,38-,39-,60?/m0/s1. The van der Waals surface area contributed by atoms with Crippen LogP contribution in [-0.2, 0) is 57.6 Å². The van der Waals surface area contributed by atoms with E-state index in [4.69, 9.17) is 5.11 Å². The molecule has 0 radical (unpaired) electrons. The van der Waals surface area contributed by atoms with Gasteiger partial charge >= 0.3 is 29.8 Å². The van der Waals surface area contributed by atoms with Gasteiger partial charge in [-0.25, -0.2) is 28.1 Å². The molecule has 0 saturated carbocycles. The van der Waals surface area contributed by atoms with E-state index in [-0.39, 0.29) is 32.4 Å². The maximum atomic E-state index is 14.8. The summed E-state index contributed by atoms with van der Waals surface area (Å²) in [6.07, 6.45) is -2.22. The Balaban J connectivity index is 1.21. The number of nitro groups is 1. The fourth-order valence-corrected chi connectivity index (χ4v) is 8.16. The van der Waals surface area contributed by atoms with Crippen molar-refractivity contribution in [2.75, 3.05) is 26.7 Å². The summed E-state index contributed by atoms with van der Waals surface area (Å²) in [7, 11) is 1.57. The van der Waals surface area contributed by atoms with Crippen LogP contribution in [0.4, 0.5) is 20.6 Å². The van der Waals surface area contributed by atoms with Gasteiger partial charge in [-0.1, -0.05) is 78.9 Å². The Bertz CT molecular complexity index is 2800. The minimum absolute atomic E-state index is 0.0483. The van der Waals surface area contributed by atoms with E-state index in [1.807, 2.05) is 5.32 Å². The lowest BCUT2D eigenvalue weighted by atomic mass is 9.94. The molecule has 10 N–H and O–H groups in total. The molecule has 1 aliphatic rings. The Morgan fingerprint density at radius 3 is 1.83 bits per heavy atom. The first kappa shape index (κ1) is 56.8. The van der Waals surface area contributed by atoms with Crippen molar-refractivity contribution >= 4 is 70.8 Å². The number of aliphatic carboxylic acids is 3. The van der Waals surface area contributed by atoms with Crippen molar-refractivity contribution in [3.8, 4) is 0 Å². The zero-order chi connectivity index (χ0) is 54.8. The number of nitro benzene ring substituents is 1. The molecule has 4 aromatic rings. The molecule has 0 spiro atoms. The zero-order valence-corrected chi connectivity index (χ0v) is 40.3. The highest BCUT2D eigenvalue weighted by atomic mass is 19.1. The number of nitrogens with zero attached hydrogens (tertiary/aromatic N) is 2. The highest BCUT2D eigenvalue weighted by Crippen LogP contribution is 2.33. The molecule has 396 valence electrons. The molecule has 0 bridgehead atoms. The summed E-state index contributed by atoms with van der Waals surface area (Å²) in [4.78, 5) is 139. The minimum atomic E-state index is -1.68. The molecule has 5 rings (SSSR count). The van der Waals surface area contributed by atoms with Gasteiger partial charge in [-0.05, 0) is 36.1 Å². The number of hydrogen-bond acceptors (Lipinski definition) is 12. The number of carboxylic acid groups (broad SMARTS) is 3. The average molecular weight is 1040 g/mol. The van der Waals surface area contributed by atoms with E-state index < -0.39 is 148 Å². The number of halogens is 1. The normalized spacial score (nSPS) is 16.2. The third-order valence-electron chi connectivity index (χ3n) is 12.1. The number of quaternary nitrogens is 1. The zero-order valence-electron chi connectivity index (χ0n) is 40.3. The quantitative estimate of drug-likeness (QED) is 0.0239. The molecule has 4 aromatic carbocycles. The average Bonchev–Trinajstić information content (AvgIpc) is 3.37. The lowest BCUT2D eigenvalue weighted by Gasteiger charge is -2.39. The molecule has 1 heterocycles. The van der Waals surface area contributed by atoms with E-state index in [0.717, 1.165) is 18.2 Å². The lowest BCUT2D eigenvalue weighted by molar-refractivity contribution is -0.384. The van der Waals surface area contributed by atoms with Crippen molar-refractivity contribution in [3.05, 3.63) is 141 Å². The van der Waals surface area contributed by atoms with Gasteiger partial charge in [0.05, 0.1) is 30.6 Å². The Labute approximate surface area is 427 Å². The summed E-state index contributed by atoms with van der Waals surface area (Å²) in [6.45, 7) is -0.773. The van der Waals surface area contributed by atoms with Gasteiger partial charge in [0.25, 0.3) is 11.6 Å². The number of likely N-dealkylation sites (N-methyl/N-ethyl adjacent to an activating group) is 1. The number of urea groups is 1. The molecule has 24 nitrogen and oxygen atoms in total. The monoisotopic (exact) mass is 1040 g/mol. The van der Waals surface area contributed by atoms with E-state index in [1.54, 1.807) is 92.0 Å². The first-order chi connectivity index (χ1) is 35.6. The number of fused-ring (bicyclic) bond motifs is 1. The Morgan fingerprint density at radius 1 is 0.693 bits per heavy atom. The summed E-state index contributed by atoms with van der Waals surface area (Å²) < 4.78 is 14.4. The number of hydrogen-bond donors (Lipinski definition) is 10. The van der Waals surface area contributed by atoms with E-state index in [0.29, 0.717) is 22.4 Å². The Kier molecular flexibility index (Phi) is 20.1. The van der Waals surface area contributed by atoms with Crippen molar-refractivity contribution in [2.24, 2.45) is 0 Å². The van der Waals surface area contributed by atoms with E-state index in [1.165, 1.54) is 0 Å². The molecule has 1 aliphatic heterocycles. The first-order valence-electron chi connectivity index (χ1n) is 23.3. The topological polar surface area (TPSA) is 359 Å². The SMILES string of the molecule is C[N+]1(CCNC(=O)CNC(=O)[C@H](Cc2ccccc2)NC(=O)[C@H](Cc2ccccc2)NC(=O)c2cc([N+](=O)[O-])ccc2F)C(=O)[C@@H](NC(=O)CC[C@H](NC(=O)N[C@@H](CCC(=O)O)C(=O)O)C(=O)O)Cc2ccccc21. The van der Waals surface area contributed by atoms with Gasteiger partial charge < -0.3 is 52.5 Å². The van der Waals surface area contributed by atoms with Crippen LogP contribution in [0.3, 0.4) is 0 Å². The number of non-ortho nitro benzene ring substituents is 1. The van der Waals surface area contributed by atoms with E-state index in [9.17, 15) is 72.7 Å². The molecular weight excluding hydrogens is 986 g/mol. The Morgan fingerprint density at radius 2 is 1.25 bits per heavy atom. The second-order valence-electron chi connectivity index (χ2n) is 17.5. The number of nitrogens with one attached hydrogen (secondary N) is 7. The molecule has 1 unspecified atom stereocenters. The number of carbonyl (C=O) groups excluding carboxylic acids is 7. The van der Waals surface area contributed by atoms with E-state index in [2.05, 4.69) is 31.9 Å². The number of carboxylic acids is 3. The van der Waals surface area contributed by atoms with Gasteiger partial charge in [-0.15, -0.1) is 0 Å². The molecule has 25 heteroatoms. The van der Waals surface area contributed by atoms with Crippen LogP contribution in [0.15, 0.2) is 103 Å². The predicted octanol–water partition coefficient (Wildman–Crippen LogP) is 1.09. The van der Waals surface area contributed by atoms with Crippen molar-refractivity contribution in [2.45, 2.75) is 75.2 Å².